The molecule has 3 rings (SSSR count). The number of carbonyl (C=O) groups excluding carboxylic acids is 1. The van der Waals surface area contributed by atoms with Crippen molar-refractivity contribution in [3.05, 3.63) is 53.6 Å². The van der Waals surface area contributed by atoms with Crippen LogP contribution in [0, 0.1) is 6.92 Å². The Hall–Kier alpha value is -2.61. The largest absolute Gasteiger partial charge is 0.461 e. The molecule has 0 spiro atoms. The minimum Gasteiger partial charge on any atom is -0.461 e. The zero-order chi connectivity index (χ0) is 27.7. The number of aliphatic hydroxyl groups is 4. The highest BCUT2D eigenvalue weighted by Crippen LogP contribution is 2.34. The molecule has 1 fully saturated rings. The van der Waals surface area contributed by atoms with Gasteiger partial charge in [0.2, 0.25) is 6.29 Å². The molecule has 210 valence electrons. The van der Waals surface area contributed by atoms with Gasteiger partial charge in [-0.25, -0.2) is 0 Å². The highest BCUT2D eigenvalue weighted by atomic mass is 16.7. The van der Waals surface area contributed by atoms with Gasteiger partial charge in [-0.3, -0.25) is 4.79 Å². The first-order chi connectivity index (χ1) is 18.2. The number of hydrogen-bond donors (Lipinski definition) is 6. The number of aryl methyl sites for hydroxylation is 1. The minimum atomic E-state index is -1.92. The summed E-state index contributed by atoms with van der Waals surface area (Å²) in [7, 11) is 0. The molecule has 0 radical (unpaired) electrons. The van der Waals surface area contributed by atoms with Crippen molar-refractivity contribution in [2.45, 2.75) is 44.1 Å². The molecule has 1 heterocycles. The molecule has 1 aliphatic heterocycles. The van der Waals surface area contributed by atoms with E-state index in [1.807, 2.05) is 19.1 Å². The number of ether oxygens (including phenoxy) is 4. The maximum atomic E-state index is 12.6. The molecule has 0 aromatic heterocycles. The fourth-order valence-electron chi connectivity index (χ4n) is 4.02. The third kappa shape index (κ3) is 7.49. The van der Waals surface area contributed by atoms with Crippen LogP contribution in [0.15, 0.2) is 42.5 Å². The average Bonchev–Trinajstić information content (AvgIpc) is 2.91. The molecule has 5 unspecified atom stereocenters. The normalized spacial score (nSPS) is 25.2. The second kappa shape index (κ2) is 14.0. The van der Waals surface area contributed by atoms with Gasteiger partial charge in [-0.15, -0.1) is 0 Å². The number of rotatable bonds is 13. The van der Waals surface area contributed by atoms with Crippen LogP contribution < -0.4 is 15.8 Å². The van der Waals surface area contributed by atoms with Gasteiger partial charge < -0.3 is 50.4 Å². The van der Waals surface area contributed by atoms with E-state index in [1.54, 1.807) is 30.3 Å². The van der Waals surface area contributed by atoms with E-state index in [1.165, 1.54) is 6.92 Å². The van der Waals surface area contributed by atoms with Gasteiger partial charge in [-0.1, -0.05) is 18.2 Å². The van der Waals surface area contributed by atoms with Crippen molar-refractivity contribution in [2.75, 3.05) is 46.1 Å². The molecule has 11 nitrogen and oxygen atoms in total. The number of hydrogen-bond acceptors (Lipinski definition) is 10. The lowest BCUT2D eigenvalue weighted by Crippen LogP contribution is -2.66. The first kappa shape index (κ1) is 29.9. The first-order valence-corrected chi connectivity index (χ1v) is 12.5. The van der Waals surface area contributed by atoms with Crippen LogP contribution in [0.4, 0.5) is 0 Å². The molecule has 0 bridgehead atoms. The third-order valence-corrected chi connectivity index (χ3v) is 6.29. The number of amides is 1. The standard InChI is InChI=1S/C27H38N2O9/c1-17-14-19(6-7-21(17)37-26-27(2,34)24(32)23(31)22(16-30)38-26)18-4-3-5-20(15-18)25(33)29-9-11-36-13-12-35-10-8-28/h3-7,14-15,22-24,26,30-32,34H,8-13,16,28H2,1-2H3,(H,29,33). The van der Waals surface area contributed by atoms with Gasteiger partial charge in [-0.05, 0) is 54.8 Å². The van der Waals surface area contributed by atoms with E-state index in [4.69, 9.17) is 24.7 Å². The summed E-state index contributed by atoms with van der Waals surface area (Å²) in [6.45, 7) is 5.12. The van der Waals surface area contributed by atoms with Crippen LogP contribution >= 0.6 is 0 Å². The maximum Gasteiger partial charge on any atom is 0.251 e. The van der Waals surface area contributed by atoms with Crippen molar-refractivity contribution in [1.82, 2.24) is 5.32 Å². The van der Waals surface area contributed by atoms with Gasteiger partial charge in [0.25, 0.3) is 5.91 Å². The second-order valence-electron chi connectivity index (χ2n) is 9.30. The smallest absolute Gasteiger partial charge is 0.251 e. The van der Waals surface area contributed by atoms with Crippen molar-refractivity contribution in [3.8, 4) is 16.9 Å². The van der Waals surface area contributed by atoms with Crippen molar-refractivity contribution < 1.29 is 44.2 Å². The number of carbonyl (C=O) groups is 1. The van der Waals surface area contributed by atoms with Gasteiger partial charge in [0.1, 0.15) is 24.1 Å². The van der Waals surface area contributed by atoms with E-state index >= 15 is 0 Å². The summed E-state index contributed by atoms with van der Waals surface area (Å²) in [5.74, 6) is 0.170. The Morgan fingerprint density at radius 1 is 1.08 bits per heavy atom. The van der Waals surface area contributed by atoms with E-state index < -0.39 is 36.8 Å². The lowest BCUT2D eigenvalue weighted by Gasteiger charge is -2.45. The average molecular weight is 535 g/mol. The van der Waals surface area contributed by atoms with E-state index in [0.29, 0.717) is 56.4 Å². The molecule has 0 saturated carbocycles. The molecular formula is C27H38N2O9. The van der Waals surface area contributed by atoms with E-state index in [-0.39, 0.29) is 5.91 Å². The van der Waals surface area contributed by atoms with Crippen LogP contribution in [-0.4, -0.2) is 103 Å². The Morgan fingerprint density at radius 3 is 2.47 bits per heavy atom. The third-order valence-electron chi connectivity index (χ3n) is 6.29. The Kier molecular flexibility index (Phi) is 11.0. The summed E-state index contributed by atoms with van der Waals surface area (Å²) >= 11 is 0. The van der Waals surface area contributed by atoms with E-state index in [2.05, 4.69) is 5.32 Å². The van der Waals surface area contributed by atoms with Crippen LogP contribution in [0.1, 0.15) is 22.8 Å². The summed E-state index contributed by atoms with van der Waals surface area (Å²) < 4.78 is 22.0. The van der Waals surface area contributed by atoms with Crippen molar-refractivity contribution >= 4 is 5.91 Å². The van der Waals surface area contributed by atoms with Crippen LogP contribution in [0.25, 0.3) is 11.1 Å². The van der Waals surface area contributed by atoms with Crippen LogP contribution in [-0.2, 0) is 14.2 Å². The van der Waals surface area contributed by atoms with Crippen molar-refractivity contribution in [1.29, 1.82) is 0 Å². The van der Waals surface area contributed by atoms with Gasteiger partial charge in [-0.2, -0.15) is 0 Å². The van der Waals surface area contributed by atoms with Crippen molar-refractivity contribution in [3.63, 3.8) is 0 Å². The van der Waals surface area contributed by atoms with Gasteiger partial charge in [0, 0.05) is 18.7 Å². The van der Waals surface area contributed by atoms with Crippen molar-refractivity contribution in [2.24, 2.45) is 5.73 Å². The molecule has 1 aliphatic rings. The predicted molar refractivity (Wildman–Crippen MR) is 139 cm³/mol. The van der Waals surface area contributed by atoms with E-state index in [9.17, 15) is 25.2 Å². The molecule has 1 saturated heterocycles. The number of nitrogens with one attached hydrogen (secondary N) is 1. The monoisotopic (exact) mass is 534 g/mol. The summed E-state index contributed by atoms with van der Waals surface area (Å²) in [4.78, 5) is 12.6. The Labute approximate surface area is 222 Å². The SMILES string of the molecule is Cc1cc(-c2cccc(C(=O)NCCOCCOCCN)c2)ccc1OC1OC(CO)C(O)C(O)C1(C)O. The van der Waals surface area contributed by atoms with Gasteiger partial charge >= 0.3 is 0 Å². The minimum absolute atomic E-state index is 0.220. The van der Waals surface area contributed by atoms with E-state index in [0.717, 1.165) is 11.1 Å². The highest BCUT2D eigenvalue weighted by molar-refractivity contribution is 5.95. The maximum absolute atomic E-state index is 12.6. The molecule has 11 heteroatoms. The molecular weight excluding hydrogens is 496 g/mol. The predicted octanol–water partition coefficient (Wildman–Crippen LogP) is -0.0475. The second-order valence-corrected chi connectivity index (χ2v) is 9.30. The van der Waals surface area contributed by atoms with Gasteiger partial charge in [0.05, 0.1) is 33.0 Å². The lowest BCUT2D eigenvalue weighted by molar-refractivity contribution is -0.314. The number of benzene rings is 2. The summed E-state index contributed by atoms with van der Waals surface area (Å²) in [6, 6.07) is 12.5. The summed E-state index contributed by atoms with van der Waals surface area (Å²) in [6.07, 6.45) is -5.46. The zero-order valence-electron chi connectivity index (χ0n) is 21.7. The van der Waals surface area contributed by atoms with Crippen LogP contribution in [0.5, 0.6) is 5.75 Å². The Bertz CT molecular complexity index is 1050. The molecule has 0 aliphatic carbocycles. The molecule has 5 atom stereocenters. The van der Waals surface area contributed by atoms with Crippen LogP contribution in [0.2, 0.25) is 0 Å². The molecule has 2 aromatic rings. The number of aliphatic hydroxyl groups excluding tert-OH is 3. The quantitative estimate of drug-likeness (QED) is 0.191. The summed E-state index contributed by atoms with van der Waals surface area (Å²) in [5.41, 5.74) is 6.30. The fourth-order valence-corrected chi connectivity index (χ4v) is 4.02. The topological polar surface area (TPSA) is 173 Å². The molecule has 1 amide bonds. The Morgan fingerprint density at radius 2 is 1.79 bits per heavy atom. The number of nitrogens with two attached hydrogens (primary N) is 1. The highest BCUT2D eigenvalue weighted by Gasteiger charge is 2.53. The fraction of sp³-hybridized carbons (Fsp3) is 0.519. The molecule has 38 heavy (non-hydrogen) atoms. The lowest BCUT2D eigenvalue weighted by atomic mass is 9.88. The van der Waals surface area contributed by atoms with Crippen LogP contribution in [0.3, 0.4) is 0 Å². The zero-order valence-corrected chi connectivity index (χ0v) is 21.7. The summed E-state index contributed by atoms with van der Waals surface area (Å²) in [5, 5.41) is 43.3. The molecule has 2 aromatic carbocycles. The Balaban J connectivity index is 1.61. The molecule has 7 N–H and O–H groups in total. The first-order valence-electron chi connectivity index (χ1n) is 12.5. The van der Waals surface area contributed by atoms with Gasteiger partial charge in [0.15, 0.2) is 5.60 Å².